The van der Waals surface area contributed by atoms with Crippen LogP contribution in [-0.2, 0) is 0 Å². The Morgan fingerprint density at radius 1 is 1.43 bits per heavy atom. The van der Waals surface area contributed by atoms with Crippen LogP contribution in [0.25, 0.3) is 10.9 Å². The van der Waals surface area contributed by atoms with Gasteiger partial charge in [-0.25, -0.2) is 0 Å². The van der Waals surface area contributed by atoms with Crippen LogP contribution in [0.2, 0.25) is 0 Å². The smallest absolute Gasteiger partial charge is 0.178 e. The number of aromatic amines is 1. The van der Waals surface area contributed by atoms with Crippen LogP contribution in [-0.4, -0.2) is 10.8 Å². The maximum Gasteiger partial charge on any atom is 0.178 e. The minimum absolute atomic E-state index is 0.125. The maximum absolute atomic E-state index is 11.4. The molecule has 0 aliphatic heterocycles. The van der Waals surface area contributed by atoms with Gasteiger partial charge in [-0.2, -0.15) is 0 Å². The van der Waals surface area contributed by atoms with Crippen molar-refractivity contribution in [2.45, 2.75) is 13.3 Å². The van der Waals surface area contributed by atoms with Gasteiger partial charge in [0.15, 0.2) is 5.78 Å². The molecule has 0 radical (unpaired) electrons. The summed E-state index contributed by atoms with van der Waals surface area (Å²) in [5.74, 6) is 0.125. The third kappa shape index (κ3) is 1.37. The zero-order chi connectivity index (χ0) is 10.1. The molecule has 0 atom stereocenters. The van der Waals surface area contributed by atoms with Gasteiger partial charge in [-0.1, -0.05) is 6.92 Å². The summed E-state index contributed by atoms with van der Waals surface area (Å²) in [6.07, 6.45) is 0.516. The molecule has 0 saturated carbocycles. The highest BCUT2D eigenvalue weighted by Crippen LogP contribution is 2.18. The average Bonchev–Trinajstić information content (AvgIpc) is 2.59. The number of nitrogens with one attached hydrogen (secondary N) is 1. The van der Waals surface area contributed by atoms with Crippen molar-refractivity contribution < 1.29 is 4.79 Å². The third-order valence-corrected chi connectivity index (χ3v) is 2.27. The highest BCUT2D eigenvalue weighted by atomic mass is 16.1. The van der Waals surface area contributed by atoms with E-state index in [4.69, 9.17) is 5.73 Å². The van der Waals surface area contributed by atoms with E-state index in [-0.39, 0.29) is 5.78 Å². The predicted octanol–water partition coefficient (Wildman–Crippen LogP) is 2.34. The molecule has 2 rings (SSSR count). The molecular formula is C11H12N2O. The number of ketones is 1. The van der Waals surface area contributed by atoms with Crippen molar-refractivity contribution in [2.75, 3.05) is 5.73 Å². The van der Waals surface area contributed by atoms with Crippen molar-refractivity contribution in [3.05, 3.63) is 30.0 Å². The third-order valence-electron chi connectivity index (χ3n) is 2.27. The van der Waals surface area contributed by atoms with Crippen LogP contribution in [0.1, 0.15) is 23.8 Å². The number of carbonyl (C=O) groups excluding carboxylic acids is 1. The van der Waals surface area contributed by atoms with Crippen molar-refractivity contribution in [3.63, 3.8) is 0 Å². The zero-order valence-corrected chi connectivity index (χ0v) is 8.00. The van der Waals surface area contributed by atoms with Gasteiger partial charge in [0.1, 0.15) is 0 Å². The van der Waals surface area contributed by atoms with Gasteiger partial charge in [0.2, 0.25) is 0 Å². The molecule has 1 aromatic heterocycles. The Bertz CT molecular complexity index is 485. The van der Waals surface area contributed by atoms with Gasteiger partial charge in [0, 0.05) is 23.0 Å². The lowest BCUT2D eigenvalue weighted by Gasteiger charge is -1.91. The van der Waals surface area contributed by atoms with Gasteiger partial charge in [-0.3, -0.25) is 4.79 Å². The van der Waals surface area contributed by atoms with Crippen LogP contribution in [0.5, 0.6) is 0 Å². The van der Waals surface area contributed by atoms with Crippen molar-refractivity contribution in [1.82, 2.24) is 4.98 Å². The summed E-state index contributed by atoms with van der Waals surface area (Å²) < 4.78 is 0. The lowest BCUT2D eigenvalue weighted by molar-refractivity contribution is 0.0984. The number of fused-ring (bicyclic) bond motifs is 1. The summed E-state index contributed by atoms with van der Waals surface area (Å²) >= 11 is 0. The van der Waals surface area contributed by atoms with Gasteiger partial charge in [0.25, 0.3) is 0 Å². The average molecular weight is 188 g/mol. The zero-order valence-electron chi connectivity index (χ0n) is 8.00. The molecule has 0 fully saturated rings. The van der Waals surface area contributed by atoms with Crippen LogP contribution in [0.4, 0.5) is 5.69 Å². The topological polar surface area (TPSA) is 58.9 Å². The number of Topliss-reactive ketones (excluding diaryl/α,β-unsaturated/α-hetero) is 1. The lowest BCUT2D eigenvalue weighted by atomic mass is 10.2. The first-order valence-corrected chi connectivity index (χ1v) is 4.62. The Hall–Kier alpha value is -1.77. The van der Waals surface area contributed by atoms with Gasteiger partial charge >= 0.3 is 0 Å². The molecular weight excluding hydrogens is 176 g/mol. The number of H-pyrrole nitrogens is 1. The summed E-state index contributed by atoms with van der Waals surface area (Å²) in [6.45, 7) is 1.85. The molecule has 0 spiro atoms. The van der Waals surface area contributed by atoms with Crippen LogP contribution < -0.4 is 5.73 Å². The van der Waals surface area contributed by atoms with Crippen molar-refractivity contribution in [1.29, 1.82) is 0 Å². The van der Waals surface area contributed by atoms with E-state index in [2.05, 4.69) is 4.98 Å². The summed E-state index contributed by atoms with van der Waals surface area (Å²) in [5.41, 5.74) is 7.97. The molecule has 1 heterocycles. The second-order valence-corrected chi connectivity index (χ2v) is 3.31. The number of rotatable bonds is 2. The van der Waals surface area contributed by atoms with Gasteiger partial charge in [0.05, 0.1) is 5.69 Å². The minimum atomic E-state index is 0.125. The fraction of sp³-hybridized carbons (Fsp3) is 0.182. The van der Waals surface area contributed by atoms with Gasteiger partial charge in [-0.05, 0) is 24.3 Å². The van der Waals surface area contributed by atoms with Crippen LogP contribution in [0.3, 0.4) is 0 Å². The monoisotopic (exact) mass is 188 g/mol. The summed E-state index contributed by atoms with van der Waals surface area (Å²) in [4.78, 5) is 14.5. The largest absolute Gasteiger partial charge is 0.399 e. The van der Waals surface area contributed by atoms with E-state index < -0.39 is 0 Å². The highest BCUT2D eigenvalue weighted by Gasteiger charge is 2.06. The first-order chi connectivity index (χ1) is 6.70. The fourth-order valence-electron chi connectivity index (χ4n) is 1.49. The minimum Gasteiger partial charge on any atom is -0.399 e. The molecule has 14 heavy (non-hydrogen) atoms. The Morgan fingerprint density at radius 2 is 2.21 bits per heavy atom. The van der Waals surface area contributed by atoms with E-state index in [0.29, 0.717) is 17.8 Å². The van der Waals surface area contributed by atoms with Crippen LogP contribution in [0.15, 0.2) is 24.3 Å². The number of benzene rings is 1. The fourth-order valence-corrected chi connectivity index (χ4v) is 1.49. The molecule has 0 aliphatic rings. The second-order valence-electron chi connectivity index (χ2n) is 3.31. The maximum atomic E-state index is 11.4. The number of aromatic nitrogens is 1. The van der Waals surface area contributed by atoms with E-state index in [1.807, 2.05) is 31.2 Å². The highest BCUT2D eigenvalue weighted by molar-refractivity contribution is 5.99. The summed E-state index contributed by atoms with van der Waals surface area (Å²) in [5, 5.41) is 0.988. The van der Waals surface area contributed by atoms with Gasteiger partial charge in [-0.15, -0.1) is 0 Å². The number of carbonyl (C=O) groups is 1. The van der Waals surface area contributed by atoms with E-state index in [1.165, 1.54) is 0 Å². The number of anilines is 1. The van der Waals surface area contributed by atoms with E-state index >= 15 is 0 Å². The van der Waals surface area contributed by atoms with E-state index in [0.717, 1.165) is 10.9 Å². The van der Waals surface area contributed by atoms with Crippen LogP contribution >= 0.6 is 0 Å². The molecule has 0 aliphatic carbocycles. The Labute approximate surface area is 81.9 Å². The Morgan fingerprint density at radius 3 is 2.93 bits per heavy atom. The summed E-state index contributed by atoms with van der Waals surface area (Å²) in [7, 11) is 0. The SMILES string of the molecule is CCC(=O)c1cc2cc(N)ccc2[nH]1. The molecule has 1 aromatic carbocycles. The summed E-state index contributed by atoms with van der Waals surface area (Å²) in [6, 6.07) is 7.41. The van der Waals surface area contributed by atoms with Gasteiger partial charge < -0.3 is 10.7 Å². The molecule has 0 bridgehead atoms. The molecule has 0 unspecified atom stereocenters. The molecule has 3 N–H and O–H groups in total. The molecule has 2 aromatic rings. The molecule has 72 valence electrons. The quantitative estimate of drug-likeness (QED) is 0.561. The van der Waals surface area contributed by atoms with Crippen molar-refractivity contribution >= 4 is 22.4 Å². The Balaban J connectivity index is 2.56. The van der Waals surface area contributed by atoms with Crippen molar-refractivity contribution in [2.24, 2.45) is 0 Å². The normalized spacial score (nSPS) is 10.6. The predicted molar refractivity (Wildman–Crippen MR) is 57.3 cm³/mol. The first kappa shape index (κ1) is 8.81. The molecule has 3 nitrogen and oxygen atoms in total. The molecule has 3 heteroatoms. The Kier molecular flexibility index (Phi) is 2.00. The molecule has 0 saturated heterocycles. The van der Waals surface area contributed by atoms with Crippen LogP contribution in [0, 0.1) is 0 Å². The first-order valence-electron chi connectivity index (χ1n) is 4.62. The van der Waals surface area contributed by atoms with Crippen molar-refractivity contribution in [3.8, 4) is 0 Å². The number of nitrogens with two attached hydrogens (primary N) is 1. The number of hydrogen-bond donors (Lipinski definition) is 2. The standard InChI is InChI=1S/C11H12N2O/c1-2-11(14)10-6-7-5-8(12)3-4-9(7)13-10/h3-6,13H,2,12H2,1H3. The number of hydrogen-bond acceptors (Lipinski definition) is 2. The second kappa shape index (κ2) is 3.18. The van der Waals surface area contributed by atoms with E-state index in [1.54, 1.807) is 0 Å². The molecule has 0 amide bonds. The number of nitrogen functional groups attached to an aromatic ring is 1. The lowest BCUT2D eigenvalue weighted by Crippen LogP contribution is -1.95. The van der Waals surface area contributed by atoms with E-state index in [9.17, 15) is 4.79 Å².